The number of nitrogens with zero attached hydrogens (tertiary/aromatic N) is 1. The Bertz CT molecular complexity index is 898. The molecule has 2 heterocycles. The Morgan fingerprint density at radius 1 is 1.13 bits per heavy atom. The van der Waals surface area contributed by atoms with Crippen LogP contribution < -0.4 is 10.2 Å². The summed E-state index contributed by atoms with van der Waals surface area (Å²) in [7, 11) is 0. The molecular weight excluding hydrogens is 400 g/mol. The van der Waals surface area contributed by atoms with Crippen LogP contribution in [0.25, 0.3) is 0 Å². The lowest BCUT2D eigenvalue weighted by Gasteiger charge is -2.35. The molecule has 0 aromatic heterocycles. The number of rotatable bonds is 1. The molecule has 3 rings (SSSR count). The van der Waals surface area contributed by atoms with Crippen LogP contribution in [0.4, 0.5) is 21.0 Å². The van der Waals surface area contributed by atoms with Crippen molar-refractivity contribution in [3.63, 3.8) is 0 Å². The summed E-state index contributed by atoms with van der Waals surface area (Å²) in [5, 5.41) is 2.67. The van der Waals surface area contributed by atoms with Gasteiger partial charge in [-0.15, -0.1) is 0 Å². The van der Waals surface area contributed by atoms with Crippen LogP contribution >= 0.6 is 0 Å². The highest BCUT2D eigenvalue weighted by atomic mass is 16.6. The van der Waals surface area contributed by atoms with Gasteiger partial charge in [0, 0.05) is 12.3 Å². The third-order valence-electron chi connectivity index (χ3n) is 5.16. The Balaban J connectivity index is 2.01. The summed E-state index contributed by atoms with van der Waals surface area (Å²) in [6.45, 7) is 12.9. The number of nitrogens with one attached hydrogen (secondary N) is 1. The molecule has 0 saturated carbocycles. The van der Waals surface area contributed by atoms with Crippen LogP contribution in [-0.4, -0.2) is 42.0 Å². The molecule has 170 valence electrons. The molecule has 0 radical (unpaired) electrons. The minimum Gasteiger partial charge on any atom is -0.444 e. The van der Waals surface area contributed by atoms with Crippen LogP contribution in [0, 0.1) is 0 Å². The molecule has 2 aliphatic rings. The fraction of sp³-hybridized carbons (Fsp3) is 0.609. The minimum atomic E-state index is -0.853. The molecule has 1 aromatic carbocycles. The van der Waals surface area contributed by atoms with E-state index in [1.54, 1.807) is 59.7 Å². The summed E-state index contributed by atoms with van der Waals surface area (Å²) in [6.07, 6.45) is -0.527. The zero-order valence-electron chi connectivity index (χ0n) is 19.3. The highest BCUT2D eigenvalue weighted by molar-refractivity contribution is 6.21. The van der Waals surface area contributed by atoms with Gasteiger partial charge in [0.25, 0.3) is 0 Å². The molecule has 1 N–H and O–H groups in total. The molecule has 31 heavy (non-hydrogen) atoms. The average molecular weight is 433 g/mol. The van der Waals surface area contributed by atoms with Crippen molar-refractivity contribution in [3.8, 4) is 0 Å². The third kappa shape index (κ3) is 4.84. The Hall–Kier alpha value is -2.61. The summed E-state index contributed by atoms with van der Waals surface area (Å²) in [5.74, 6) is -0.318. The van der Waals surface area contributed by atoms with Crippen molar-refractivity contribution < 1.29 is 28.6 Å². The molecule has 8 heteroatoms. The molecular formula is C23H32N2O6. The van der Waals surface area contributed by atoms with E-state index in [0.29, 0.717) is 30.8 Å². The molecule has 1 aromatic rings. The second kappa shape index (κ2) is 7.82. The third-order valence-corrected chi connectivity index (χ3v) is 5.16. The molecule has 3 amide bonds. The number of amides is 3. The number of ether oxygens (including phenoxy) is 3. The van der Waals surface area contributed by atoms with Crippen molar-refractivity contribution in [1.29, 1.82) is 0 Å². The van der Waals surface area contributed by atoms with Gasteiger partial charge >= 0.3 is 12.2 Å². The van der Waals surface area contributed by atoms with Gasteiger partial charge in [-0.1, -0.05) is 6.07 Å². The van der Waals surface area contributed by atoms with Gasteiger partial charge in [0.05, 0.1) is 17.2 Å². The molecule has 1 saturated heterocycles. The quantitative estimate of drug-likeness (QED) is 0.688. The summed E-state index contributed by atoms with van der Waals surface area (Å²) in [6, 6.07) is 5.13. The SMILES string of the molecule is C[C@@H]1C[C@]2(CCO1)C(=O)N(C(=O)OC(C)(C)C)c1cc(NC(=O)OC(C)(C)C)ccc12. The fourth-order valence-corrected chi connectivity index (χ4v) is 4.07. The number of hydrogen-bond acceptors (Lipinski definition) is 6. The fourth-order valence-electron chi connectivity index (χ4n) is 4.07. The normalized spacial score (nSPS) is 23.5. The van der Waals surface area contributed by atoms with Crippen molar-refractivity contribution in [1.82, 2.24) is 0 Å². The van der Waals surface area contributed by atoms with Gasteiger partial charge in [-0.05, 0) is 79.0 Å². The zero-order chi connectivity index (χ0) is 23.2. The van der Waals surface area contributed by atoms with Crippen LogP contribution in [-0.2, 0) is 24.4 Å². The van der Waals surface area contributed by atoms with E-state index in [0.717, 1.165) is 10.5 Å². The lowest BCUT2D eigenvalue weighted by atomic mass is 9.73. The number of imide groups is 1. The van der Waals surface area contributed by atoms with E-state index in [4.69, 9.17) is 14.2 Å². The molecule has 1 fully saturated rings. The van der Waals surface area contributed by atoms with Crippen LogP contribution in [0.2, 0.25) is 0 Å². The van der Waals surface area contributed by atoms with Gasteiger partial charge in [-0.2, -0.15) is 0 Å². The Morgan fingerprint density at radius 3 is 2.35 bits per heavy atom. The topological polar surface area (TPSA) is 94.2 Å². The largest absolute Gasteiger partial charge is 0.444 e. The van der Waals surface area contributed by atoms with Crippen LogP contribution in [0.1, 0.15) is 66.9 Å². The maximum atomic E-state index is 13.6. The van der Waals surface area contributed by atoms with Gasteiger partial charge < -0.3 is 14.2 Å². The van der Waals surface area contributed by atoms with E-state index >= 15 is 0 Å². The predicted octanol–water partition coefficient (Wildman–Crippen LogP) is 4.75. The number of hydrogen-bond donors (Lipinski definition) is 1. The van der Waals surface area contributed by atoms with Crippen molar-refractivity contribution in [3.05, 3.63) is 23.8 Å². The molecule has 0 unspecified atom stereocenters. The first-order valence-corrected chi connectivity index (χ1v) is 10.6. The molecule has 2 atom stereocenters. The van der Waals surface area contributed by atoms with Gasteiger partial charge in [-0.25, -0.2) is 14.5 Å². The van der Waals surface area contributed by atoms with Crippen molar-refractivity contribution in [2.75, 3.05) is 16.8 Å². The number of fused-ring (bicyclic) bond motifs is 2. The molecule has 1 spiro atoms. The van der Waals surface area contributed by atoms with Crippen molar-refractivity contribution in [2.24, 2.45) is 0 Å². The number of anilines is 2. The van der Waals surface area contributed by atoms with Gasteiger partial charge in [0.2, 0.25) is 5.91 Å². The van der Waals surface area contributed by atoms with Gasteiger partial charge in [0.1, 0.15) is 11.2 Å². The van der Waals surface area contributed by atoms with E-state index < -0.39 is 28.8 Å². The van der Waals surface area contributed by atoms with E-state index in [1.165, 1.54) is 0 Å². The second-order valence-electron chi connectivity index (χ2n) is 10.2. The Labute approximate surface area is 183 Å². The number of benzene rings is 1. The van der Waals surface area contributed by atoms with E-state index in [9.17, 15) is 14.4 Å². The maximum Gasteiger partial charge on any atom is 0.421 e. The van der Waals surface area contributed by atoms with E-state index in [2.05, 4.69) is 5.32 Å². The molecule has 0 aliphatic carbocycles. The van der Waals surface area contributed by atoms with Crippen LogP contribution in [0.5, 0.6) is 0 Å². The summed E-state index contributed by atoms with van der Waals surface area (Å²) in [5.41, 5.74) is -0.680. The number of carbonyl (C=O) groups is 3. The van der Waals surface area contributed by atoms with E-state index in [-0.39, 0.29) is 12.0 Å². The monoisotopic (exact) mass is 432 g/mol. The minimum absolute atomic E-state index is 0.122. The Morgan fingerprint density at radius 2 is 1.77 bits per heavy atom. The summed E-state index contributed by atoms with van der Waals surface area (Å²) in [4.78, 5) is 39.9. The van der Waals surface area contributed by atoms with E-state index in [1.807, 2.05) is 6.92 Å². The second-order valence-corrected chi connectivity index (χ2v) is 10.2. The first kappa shape index (κ1) is 23.1. The first-order chi connectivity index (χ1) is 14.2. The predicted molar refractivity (Wildman–Crippen MR) is 116 cm³/mol. The lowest BCUT2D eigenvalue weighted by molar-refractivity contribution is -0.128. The van der Waals surface area contributed by atoms with Crippen molar-refractivity contribution in [2.45, 2.75) is 84.0 Å². The Kier molecular flexibility index (Phi) is 5.82. The highest BCUT2D eigenvalue weighted by Gasteiger charge is 2.55. The van der Waals surface area contributed by atoms with Crippen molar-refractivity contribution >= 4 is 29.5 Å². The van der Waals surface area contributed by atoms with Gasteiger partial charge in [0.15, 0.2) is 0 Å². The molecule has 8 nitrogen and oxygen atoms in total. The lowest BCUT2D eigenvalue weighted by Crippen LogP contribution is -2.48. The van der Waals surface area contributed by atoms with Crippen LogP contribution in [0.15, 0.2) is 18.2 Å². The highest BCUT2D eigenvalue weighted by Crippen LogP contribution is 2.50. The molecule has 2 aliphatic heterocycles. The smallest absolute Gasteiger partial charge is 0.421 e. The summed E-state index contributed by atoms with van der Waals surface area (Å²) >= 11 is 0. The zero-order valence-corrected chi connectivity index (χ0v) is 19.3. The number of carbonyl (C=O) groups excluding carboxylic acids is 3. The summed E-state index contributed by atoms with van der Waals surface area (Å²) < 4.78 is 16.5. The van der Waals surface area contributed by atoms with Crippen LogP contribution in [0.3, 0.4) is 0 Å². The molecule has 0 bridgehead atoms. The van der Waals surface area contributed by atoms with Gasteiger partial charge in [-0.3, -0.25) is 10.1 Å². The maximum absolute atomic E-state index is 13.6. The standard InChI is InChI=1S/C23H32N2O6/c1-14-13-23(10-11-29-14)16-9-8-15(24-19(27)30-21(2,3)4)12-17(16)25(18(23)26)20(28)31-22(5,6)7/h8-9,12,14H,10-11,13H2,1-7H3,(H,24,27)/t14-,23+/m1/s1. The average Bonchev–Trinajstić information content (AvgIpc) is 2.79. The first-order valence-electron chi connectivity index (χ1n) is 10.6.